The third-order valence-electron chi connectivity index (χ3n) is 5.13. The van der Waals surface area contributed by atoms with Gasteiger partial charge in [0.1, 0.15) is 0 Å². The third kappa shape index (κ3) is 2.98. The van der Waals surface area contributed by atoms with E-state index in [4.69, 9.17) is 4.98 Å². The number of fused-ring (bicyclic) bond motifs is 1. The molecule has 4 heteroatoms. The Morgan fingerprint density at radius 3 is 2.90 bits per heavy atom. The van der Waals surface area contributed by atoms with Crippen molar-refractivity contribution in [1.82, 2.24) is 10.3 Å². The molecule has 0 amide bonds. The van der Waals surface area contributed by atoms with E-state index in [1.54, 1.807) is 0 Å². The van der Waals surface area contributed by atoms with Gasteiger partial charge < -0.3 is 10.2 Å². The number of nitrogens with zero attached hydrogens (tertiary/aromatic N) is 2. The van der Waals surface area contributed by atoms with E-state index in [-0.39, 0.29) is 0 Å². The molecule has 1 aliphatic heterocycles. The van der Waals surface area contributed by atoms with E-state index >= 15 is 0 Å². The van der Waals surface area contributed by atoms with Crippen molar-refractivity contribution < 1.29 is 0 Å². The lowest BCUT2D eigenvalue weighted by atomic mass is 9.76. The van der Waals surface area contributed by atoms with Crippen molar-refractivity contribution in [1.29, 1.82) is 0 Å². The van der Waals surface area contributed by atoms with Crippen LogP contribution in [-0.2, 0) is 6.42 Å². The van der Waals surface area contributed by atoms with Gasteiger partial charge in [0, 0.05) is 23.5 Å². The number of hydrogen-bond acceptors (Lipinski definition) is 4. The smallest absolute Gasteiger partial charge is 0.186 e. The average molecular weight is 308 g/mol. The lowest BCUT2D eigenvalue weighted by molar-refractivity contribution is 0.265. The molecule has 118 valence electrons. The molecule has 2 unspecified atom stereocenters. The maximum atomic E-state index is 5.07. The molecular formula is C17H29N3S. The molecule has 0 spiro atoms. The number of aromatic nitrogens is 1. The molecule has 0 radical (unpaired) electrons. The molecule has 1 fully saturated rings. The van der Waals surface area contributed by atoms with Gasteiger partial charge in [-0.3, -0.25) is 0 Å². The minimum atomic E-state index is 0.359. The number of nitrogens with one attached hydrogen (secondary N) is 1. The second-order valence-electron chi connectivity index (χ2n) is 7.45. The van der Waals surface area contributed by atoms with Gasteiger partial charge in [-0.25, -0.2) is 4.98 Å². The molecule has 3 nitrogen and oxygen atoms in total. The Labute approximate surface area is 133 Å². The highest BCUT2D eigenvalue weighted by Gasteiger charge is 2.35. The van der Waals surface area contributed by atoms with Crippen molar-refractivity contribution in [3.05, 3.63) is 10.6 Å². The minimum Gasteiger partial charge on any atom is -0.345 e. The van der Waals surface area contributed by atoms with Crippen LogP contribution in [0.1, 0.15) is 69.5 Å². The summed E-state index contributed by atoms with van der Waals surface area (Å²) < 4.78 is 0. The number of anilines is 1. The summed E-state index contributed by atoms with van der Waals surface area (Å²) in [4.78, 5) is 9.15. The summed E-state index contributed by atoms with van der Waals surface area (Å²) in [5.41, 5.74) is 1.71. The first-order valence-corrected chi connectivity index (χ1v) is 9.29. The van der Waals surface area contributed by atoms with Crippen LogP contribution in [0.2, 0.25) is 0 Å². The summed E-state index contributed by atoms with van der Waals surface area (Å²) in [5.74, 6) is 0. The number of hydrogen-bond donors (Lipinski definition) is 1. The molecule has 2 atom stereocenters. The van der Waals surface area contributed by atoms with E-state index in [0.717, 1.165) is 6.42 Å². The van der Waals surface area contributed by atoms with Crippen LogP contribution < -0.4 is 10.2 Å². The Morgan fingerprint density at radius 2 is 2.19 bits per heavy atom. The highest BCUT2D eigenvalue weighted by Crippen LogP contribution is 2.45. The van der Waals surface area contributed by atoms with Gasteiger partial charge in [-0.15, -0.1) is 0 Å². The first-order chi connectivity index (χ1) is 10.0. The zero-order valence-corrected chi connectivity index (χ0v) is 14.7. The van der Waals surface area contributed by atoms with Crippen molar-refractivity contribution >= 4 is 16.5 Å². The Morgan fingerprint density at radius 1 is 1.38 bits per heavy atom. The largest absolute Gasteiger partial charge is 0.345 e. The zero-order chi connectivity index (χ0) is 15.0. The summed E-state index contributed by atoms with van der Waals surface area (Å²) in [5, 5.41) is 4.79. The van der Waals surface area contributed by atoms with Gasteiger partial charge in [0.25, 0.3) is 0 Å². The quantitative estimate of drug-likeness (QED) is 0.909. The lowest BCUT2D eigenvalue weighted by Crippen LogP contribution is -2.39. The Kier molecular flexibility index (Phi) is 4.28. The van der Waals surface area contributed by atoms with E-state index in [0.29, 0.717) is 17.5 Å². The third-order valence-corrected chi connectivity index (χ3v) is 6.38. The van der Waals surface area contributed by atoms with Gasteiger partial charge in [-0.2, -0.15) is 0 Å². The molecule has 2 aliphatic rings. The summed E-state index contributed by atoms with van der Waals surface area (Å²) in [6.07, 6.45) is 7.62. The van der Waals surface area contributed by atoms with Crippen molar-refractivity contribution in [2.24, 2.45) is 5.41 Å². The molecule has 0 aromatic carbocycles. The van der Waals surface area contributed by atoms with Gasteiger partial charge in [0.2, 0.25) is 0 Å². The van der Waals surface area contributed by atoms with Crippen LogP contribution in [0.5, 0.6) is 0 Å². The van der Waals surface area contributed by atoms with E-state index in [1.807, 2.05) is 11.3 Å². The van der Waals surface area contributed by atoms with E-state index in [1.165, 1.54) is 54.4 Å². The maximum Gasteiger partial charge on any atom is 0.186 e. The minimum absolute atomic E-state index is 0.359. The molecule has 2 heterocycles. The molecule has 1 aliphatic carbocycles. The maximum absolute atomic E-state index is 5.07. The van der Waals surface area contributed by atoms with Gasteiger partial charge in [0.05, 0.1) is 5.69 Å². The first kappa shape index (κ1) is 15.3. The second kappa shape index (κ2) is 5.88. The van der Waals surface area contributed by atoms with Crippen LogP contribution in [-0.4, -0.2) is 24.6 Å². The molecule has 1 aromatic rings. The predicted octanol–water partition coefficient (Wildman–Crippen LogP) is 4.14. The summed E-state index contributed by atoms with van der Waals surface area (Å²) in [6.45, 7) is 8.25. The highest BCUT2D eigenvalue weighted by atomic mass is 32.1. The molecular weight excluding hydrogens is 278 g/mol. The molecule has 21 heavy (non-hydrogen) atoms. The zero-order valence-electron chi connectivity index (χ0n) is 13.9. The fourth-order valence-electron chi connectivity index (χ4n) is 3.95. The Balaban J connectivity index is 1.91. The predicted molar refractivity (Wildman–Crippen MR) is 91.3 cm³/mol. The SMILES string of the molecule is CCC1CCCCN1c1nc2c(s1)C(NC)CC(C)(C)C2. The van der Waals surface area contributed by atoms with Gasteiger partial charge in [-0.1, -0.05) is 32.1 Å². The number of rotatable bonds is 3. The summed E-state index contributed by atoms with van der Waals surface area (Å²) >= 11 is 1.95. The van der Waals surface area contributed by atoms with Crippen LogP contribution >= 0.6 is 11.3 Å². The molecule has 0 saturated carbocycles. The highest BCUT2D eigenvalue weighted by molar-refractivity contribution is 7.15. The van der Waals surface area contributed by atoms with E-state index < -0.39 is 0 Å². The molecule has 3 rings (SSSR count). The van der Waals surface area contributed by atoms with Gasteiger partial charge in [0.15, 0.2) is 5.13 Å². The van der Waals surface area contributed by atoms with E-state index in [9.17, 15) is 0 Å². The second-order valence-corrected chi connectivity index (χ2v) is 8.45. The normalized spacial score (nSPS) is 28.5. The van der Waals surface area contributed by atoms with Crippen LogP contribution in [0.25, 0.3) is 0 Å². The van der Waals surface area contributed by atoms with Gasteiger partial charge >= 0.3 is 0 Å². The molecule has 1 aromatic heterocycles. The van der Waals surface area contributed by atoms with Crippen LogP contribution in [0.4, 0.5) is 5.13 Å². The van der Waals surface area contributed by atoms with Crippen molar-refractivity contribution in [2.45, 2.75) is 71.4 Å². The molecule has 0 bridgehead atoms. The molecule has 1 N–H and O–H groups in total. The topological polar surface area (TPSA) is 28.2 Å². The number of piperidine rings is 1. The lowest BCUT2D eigenvalue weighted by Gasteiger charge is -2.35. The average Bonchev–Trinajstić information content (AvgIpc) is 2.88. The fraction of sp³-hybridized carbons (Fsp3) is 0.824. The van der Waals surface area contributed by atoms with Crippen LogP contribution in [0.3, 0.4) is 0 Å². The van der Waals surface area contributed by atoms with E-state index in [2.05, 4.69) is 38.0 Å². The number of thiazole rings is 1. The standard InChI is InChI=1S/C17H29N3S/c1-5-12-8-6-7-9-20(12)16-19-14-11-17(2,3)10-13(18-4)15(14)21-16/h12-13,18H,5-11H2,1-4H3. The van der Waals surface area contributed by atoms with Gasteiger partial charge in [-0.05, 0) is 51.0 Å². The summed E-state index contributed by atoms with van der Waals surface area (Å²) in [6, 6.07) is 1.19. The first-order valence-electron chi connectivity index (χ1n) is 8.47. The Bertz CT molecular complexity index is 494. The fourth-order valence-corrected chi connectivity index (χ4v) is 5.24. The van der Waals surface area contributed by atoms with Crippen molar-refractivity contribution in [2.75, 3.05) is 18.5 Å². The molecule has 1 saturated heterocycles. The Hall–Kier alpha value is -0.610. The monoisotopic (exact) mass is 307 g/mol. The van der Waals surface area contributed by atoms with Crippen molar-refractivity contribution in [3.8, 4) is 0 Å². The van der Waals surface area contributed by atoms with Crippen molar-refractivity contribution in [3.63, 3.8) is 0 Å². The van der Waals surface area contributed by atoms with Crippen LogP contribution in [0.15, 0.2) is 0 Å². The summed E-state index contributed by atoms with van der Waals surface area (Å²) in [7, 11) is 2.09. The van der Waals surface area contributed by atoms with Crippen LogP contribution in [0, 0.1) is 5.41 Å².